The van der Waals surface area contributed by atoms with Gasteiger partial charge in [-0.05, 0) is 76.2 Å². The fourth-order valence-electron chi connectivity index (χ4n) is 2.86. The lowest BCUT2D eigenvalue weighted by Crippen LogP contribution is -2.19. The molecule has 32 heavy (non-hydrogen) atoms. The standard InChI is InChI=1S/C23H14Br2Cl2N2O2S/c24-15-9-14(21(18(25)11-15)31-12-13-3-1-2-4-19(13)27)10-20-22(30)29-23(32-20)28-17-7-5-16(26)6-8-17/h1-11H,12H2,(H,28,29,30)/b20-10-. The van der Waals surface area contributed by atoms with E-state index in [0.717, 1.165) is 20.1 Å². The van der Waals surface area contributed by atoms with Gasteiger partial charge in [0, 0.05) is 25.6 Å². The van der Waals surface area contributed by atoms with Gasteiger partial charge in [0.1, 0.15) is 12.4 Å². The maximum Gasteiger partial charge on any atom is 0.264 e. The molecule has 1 aliphatic heterocycles. The predicted molar refractivity (Wildman–Crippen MR) is 140 cm³/mol. The lowest BCUT2D eigenvalue weighted by Gasteiger charge is -2.13. The summed E-state index contributed by atoms with van der Waals surface area (Å²) in [5.74, 6) is 0.382. The molecule has 0 bridgehead atoms. The molecule has 4 nitrogen and oxygen atoms in total. The number of nitrogens with zero attached hydrogens (tertiary/aromatic N) is 1. The highest BCUT2D eigenvalue weighted by molar-refractivity contribution is 9.11. The number of carbonyl (C=O) groups is 1. The number of amides is 1. The van der Waals surface area contributed by atoms with Crippen LogP contribution in [0.5, 0.6) is 5.75 Å². The van der Waals surface area contributed by atoms with Gasteiger partial charge in [-0.1, -0.05) is 57.3 Å². The lowest BCUT2D eigenvalue weighted by molar-refractivity contribution is -0.115. The van der Waals surface area contributed by atoms with Crippen LogP contribution in [0.3, 0.4) is 0 Å². The molecule has 1 saturated heterocycles. The van der Waals surface area contributed by atoms with Gasteiger partial charge in [0.25, 0.3) is 5.91 Å². The highest BCUT2D eigenvalue weighted by atomic mass is 79.9. The van der Waals surface area contributed by atoms with Crippen LogP contribution in [0, 0.1) is 0 Å². The Labute approximate surface area is 216 Å². The van der Waals surface area contributed by atoms with Crippen molar-refractivity contribution in [3.8, 4) is 5.75 Å². The van der Waals surface area contributed by atoms with Gasteiger partial charge in [0.05, 0.1) is 15.1 Å². The summed E-state index contributed by atoms with van der Waals surface area (Å²) in [6.45, 7) is 0.290. The Hall–Kier alpha value is -1.77. The molecule has 0 aromatic heterocycles. The Bertz CT molecular complexity index is 1250. The molecular weight excluding hydrogens is 599 g/mol. The summed E-state index contributed by atoms with van der Waals surface area (Å²) < 4.78 is 7.69. The zero-order chi connectivity index (χ0) is 22.7. The van der Waals surface area contributed by atoms with Gasteiger partial charge in [-0.2, -0.15) is 0 Å². The smallest absolute Gasteiger partial charge is 0.264 e. The van der Waals surface area contributed by atoms with E-state index in [1.54, 1.807) is 30.3 Å². The van der Waals surface area contributed by atoms with E-state index in [4.69, 9.17) is 27.9 Å². The first-order valence-electron chi connectivity index (χ1n) is 9.29. The molecule has 0 unspecified atom stereocenters. The molecule has 0 atom stereocenters. The molecule has 4 rings (SSSR count). The zero-order valence-electron chi connectivity index (χ0n) is 16.2. The molecule has 1 N–H and O–H groups in total. The fourth-order valence-corrected chi connectivity index (χ4v) is 5.38. The van der Waals surface area contributed by atoms with E-state index in [1.165, 1.54) is 11.8 Å². The molecule has 1 fully saturated rings. The molecule has 0 spiro atoms. The van der Waals surface area contributed by atoms with Crippen LogP contribution in [0.15, 0.2) is 79.5 Å². The van der Waals surface area contributed by atoms with Crippen molar-refractivity contribution >= 4 is 89.7 Å². The van der Waals surface area contributed by atoms with Gasteiger partial charge in [0.15, 0.2) is 5.17 Å². The number of halogens is 4. The van der Waals surface area contributed by atoms with Gasteiger partial charge >= 0.3 is 0 Å². The zero-order valence-corrected chi connectivity index (χ0v) is 21.7. The Morgan fingerprint density at radius 2 is 1.81 bits per heavy atom. The quantitative estimate of drug-likeness (QED) is 0.297. The van der Waals surface area contributed by atoms with Crippen molar-refractivity contribution in [2.75, 3.05) is 0 Å². The van der Waals surface area contributed by atoms with Crippen LogP contribution in [-0.2, 0) is 11.4 Å². The normalized spacial score (nSPS) is 15.9. The molecule has 1 amide bonds. The molecule has 3 aromatic carbocycles. The second-order valence-electron chi connectivity index (χ2n) is 6.64. The Balaban J connectivity index is 1.60. The van der Waals surface area contributed by atoms with Gasteiger partial charge in [0.2, 0.25) is 0 Å². The molecule has 162 valence electrons. The average Bonchev–Trinajstić information content (AvgIpc) is 3.09. The van der Waals surface area contributed by atoms with Crippen molar-refractivity contribution in [2.24, 2.45) is 4.99 Å². The van der Waals surface area contributed by atoms with Gasteiger partial charge in [-0.15, -0.1) is 0 Å². The number of amidine groups is 1. The van der Waals surface area contributed by atoms with Crippen LogP contribution in [0.2, 0.25) is 10.0 Å². The van der Waals surface area contributed by atoms with Crippen LogP contribution in [0.4, 0.5) is 5.69 Å². The number of hydrogen-bond donors (Lipinski definition) is 1. The first-order valence-corrected chi connectivity index (χ1v) is 12.5. The molecule has 3 aromatic rings. The van der Waals surface area contributed by atoms with Crippen molar-refractivity contribution in [2.45, 2.75) is 6.61 Å². The summed E-state index contributed by atoms with van der Waals surface area (Å²) in [6, 6.07) is 18.4. The van der Waals surface area contributed by atoms with Crippen molar-refractivity contribution in [1.82, 2.24) is 5.32 Å². The highest BCUT2D eigenvalue weighted by Crippen LogP contribution is 2.37. The van der Waals surface area contributed by atoms with Crippen LogP contribution < -0.4 is 10.1 Å². The van der Waals surface area contributed by atoms with E-state index in [2.05, 4.69) is 42.2 Å². The van der Waals surface area contributed by atoms with Gasteiger partial charge < -0.3 is 10.1 Å². The Morgan fingerprint density at radius 3 is 2.56 bits per heavy atom. The summed E-state index contributed by atoms with van der Waals surface area (Å²) in [5.41, 5.74) is 2.31. The third-order valence-electron chi connectivity index (χ3n) is 4.36. The Morgan fingerprint density at radius 1 is 1.06 bits per heavy atom. The topological polar surface area (TPSA) is 50.7 Å². The SMILES string of the molecule is O=C1NC(=Nc2ccc(Cl)cc2)S/C1=C\c1cc(Br)cc(Br)c1OCc1ccccc1Cl. The highest BCUT2D eigenvalue weighted by Gasteiger charge is 2.25. The van der Waals surface area contributed by atoms with E-state index in [1.807, 2.05) is 36.4 Å². The van der Waals surface area contributed by atoms with Crippen molar-refractivity contribution < 1.29 is 9.53 Å². The first kappa shape index (κ1) is 23.4. The average molecular weight is 613 g/mol. The molecule has 0 radical (unpaired) electrons. The van der Waals surface area contributed by atoms with E-state index in [0.29, 0.717) is 38.2 Å². The third-order valence-corrected chi connectivity index (χ3v) is 6.94. The van der Waals surface area contributed by atoms with Gasteiger partial charge in [-0.25, -0.2) is 4.99 Å². The van der Waals surface area contributed by atoms with Crippen molar-refractivity contribution in [3.63, 3.8) is 0 Å². The largest absolute Gasteiger partial charge is 0.487 e. The van der Waals surface area contributed by atoms with E-state index in [-0.39, 0.29) is 5.91 Å². The minimum atomic E-state index is -0.226. The van der Waals surface area contributed by atoms with Crippen LogP contribution in [-0.4, -0.2) is 11.1 Å². The van der Waals surface area contributed by atoms with Crippen molar-refractivity contribution in [3.05, 3.63) is 95.7 Å². The monoisotopic (exact) mass is 610 g/mol. The van der Waals surface area contributed by atoms with E-state index < -0.39 is 0 Å². The van der Waals surface area contributed by atoms with Crippen LogP contribution in [0.25, 0.3) is 6.08 Å². The molecule has 1 heterocycles. The van der Waals surface area contributed by atoms with Crippen molar-refractivity contribution in [1.29, 1.82) is 0 Å². The van der Waals surface area contributed by atoms with E-state index >= 15 is 0 Å². The number of nitrogens with one attached hydrogen (secondary N) is 1. The second kappa shape index (κ2) is 10.4. The molecule has 9 heteroatoms. The number of ether oxygens (including phenoxy) is 1. The predicted octanol–water partition coefficient (Wildman–Crippen LogP) is 7.99. The first-order chi connectivity index (χ1) is 15.4. The number of rotatable bonds is 5. The summed E-state index contributed by atoms with van der Waals surface area (Å²) in [7, 11) is 0. The summed E-state index contributed by atoms with van der Waals surface area (Å²) in [5, 5.41) is 4.55. The minimum absolute atomic E-state index is 0.226. The summed E-state index contributed by atoms with van der Waals surface area (Å²) in [6.07, 6.45) is 1.78. The number of thioether (sulfide) groups is 1. The number of aliphatic imine (C=N–C) groups is 1. The number of carbonyl (C=O) groups excluding carboxylic acids is 1. The number of benzene rings is 3. The van der Waals surface area contributed by atoms with Gasteiger partial charge in [-0.3, -0.25) is 4.79 Å². The fraction of sp³-hybridized carbons (Fsp3) is 0.0435. The van der Waals surface area contributed by atoms with Crippen LogP contribution >= 0.6 is 66.8 Å². The minimum Gasteiger partial charge on any atom is -0.487 e. The van der Waals surface area contributed by atoms with Crippen LogP contribution in [0.1, 0.15) is 11.1 Å². The molecule has 0 aliphatic carbocycles. The molecule has 1 aliphatic rings. The number of hydrogen-bond acceptors (Lipinski definition) is 4. The lowest BCUT2D eigenvalue weighted by atomic mass is 10.1. The summed E-state index contributed by atoms with van der Waals surface area (Å²) >= 11 is 20.5. The Kier molecular flexibility index (Phi) is 7.63. The molecular formula is C23H14Br2Cl2N2O2S. The maximum absolute atomic E-state index is 12.6. The maximum atomic E-state index is 12.6. The molecule has 0 saturated carbocycles. The second-order valence-corrected chi connectivity index (χ2v) is 10.3. The van der Waals surface area contributed by atoms with E-state index in [9.17, 15) is 4.79 Å². The summed E-state index contributed by atoms with van der Waals surface area (Å²) in [4.78, 5) is 17.5. The third kappa shape index (κ3) is 5.77.